The summed E-state index contributed by atoms with van der Waals surface area (Å²) < 4.78 is 0. The monoisotopic (exact) mass is 387 g/mol. The Morgan fingerprint density at radius 3 is 2.78 bits per heavy atom. The van der Waals surface area contributed by atoms with E-state index >= 15 is 0 Å². The van der Waals surface area contributed by atoms with Crippen molar-refractivity contribution in [3.63, 3.8) is 0 Å². The third-order valence-electron chi connectivity index (χ3n) is 5.45. The third-order valence-corrected chi connectivity index (χ3v) is 6.06. The Hall–Kier alpha value is -2.10. The van der Waals surface area contributed by atoms with Crippen molar-refractivity contribution in [2.75, 3.05) is 56.0 Å². The molecular formula is C18H25N7OS. The van der Waals surface area contributed by atoms with Gasteiger partial charge in [-0.25, -0.2) is 4.98 Å². The number of carbonyl (C=O) groups excluding carboxylic acids is 1. The van der Waals surface area contributed by atoms with Crippen molar-refractivity contribution in [2.24, 2.45) is 0 Å². The number of anilines is 2. The van der Waals surface area contributed by atoms with Crippen LogP contribution in [0.1, 0.15) is 23.7 Å². The van der Waals surface area contributed by atoms with Crippen LogP contribution in [0.3, 0.4) is 0 Å². The van der Waals surface area contributed by atoms with E-state index in [1.807, 2.05) is 12.1 Å². The van der Waals surface area contributed by atoms with Gasteiger partial charge >= 0.3 is 0 Å². The van der Waals surface area contributed by atoms with Crippen molar-refractivity contribution >= 4 is 28.2 Å². The van der Waals surface area contributed by atoms with E-state index in [2.05, 4.69) is 42.1 Å². The first-order valence-corrected chi connectivity index (χ1v) is 10.4. The van der Waals surface area contributed by atoms with Gasteiger partial charge in [0.15, 0.2) is 0 Å². The van der Waals surface area contributed by atoms with E-state index in [0.717, 1.165) is 38.5 Å². The molecule has 2 aromatic rings. The number of pyridine rings is 1. The number of hydrogen-bond donors (Lipinski definition) is 1. The molecule has 2 saturated heterocycles. The molecule has 2 aliphatic rings. The predicted octanol–water partition coefficient (Wildman–Crippen LogP) is 1.40. The molecular weight excluding hydrogens is 362 g/mol. The van der Waals surface area contributed by atoms with E-state index in [0.29, 0.717) is 16.7 Å². The van der Waals surface area contributed by atoms with Crippen molar-refractivity contribution in [3.8, 4) is 0 Å². The fourth-order valence-electron chi connectivity index (χ4n) is 3.80. The number of carbonyl (C=O) groups is 1. The molecule has 144 valence electrons. The molecule has 0 aliphatic carbocycles. The molecule has 1 unspecified atom stereocenters. The van der Waals surface area contributed by atoms with Crippen molar-refractivity contribution < 1.29 is 4.79 Å². The summed E-state index contributed by atoms with van der Waals surface area (Å²) in [6.45, 7) is 10.1. The molecule has 1 N–H and O–H groups in total. The highest BCUT2D eigenvalue weighted by molar-refractivity contribution is 7.13. The lowest BCUT2D eigenvalue weighted by Gasteiger charge is -2.37. The second-order valence-corrected chi connectivity index (χ2v) is 7.80. The molecule has 2 aromatic heterocycles. The Labute approximate surface area is 163 Å². The molecule has 27 heavy (non-hydrogen) atoms. The average molecular weight is 388 g/mol. The molecule has 8 nitrogen and oxygen atoms in total. The van der Waals surface area contributed by atoms with E-state index in [9.17, 15) is 4.79 Å². The lowest BCUT2D eigenvalue weighted by Crippen LogP contribution is -2.50. The molecule has 1 atom stereocenters. The minimum atomic E-state index is -0.209. The van der Waals surface area contributed by atoms with E-state index in [1.54, 1.807) is 11.7 Å². The number of nitrogens with one attached hydrogen (secondary N) is 1. The predicted molar refractivity (Wildman–Crippen MR) is 106 cm³/mol. The highest BCUT2D eigenvalue weighted by atomic mass is 32.1. The Morgan fingerprint density at radius 1 is 1.26 bits per heavy atom. The molecule has 0 radical (unpaired) electrons. The fourth-order valence-corrected chi connectivity index (χ4v) is 4.24. The van der Waals surface area contributed by atoms with Crippen LogP contribution in [0.2, 0.25) is 0 Å². The summed E-state index contributed by atoms with van der Waals surface area (Å²) in [4.78, 5) is 24.2. The van der Waals surface area contributed by atoms with E-state index in [-0.39, 0.29) is 5.91 Å². The molecule has 0 aromatic carbocycles. The zero-order valence-electron chi connectivity index (χ0n) is 15.5. The average Bonchev–Trinajstić information content (AvgIpc) is 3.40. The highest BCUT2D eigenvalue weighted by Crippen LogP contribution is 2.22. The Morgan fingerprint density at radius 2 is 2.11 bits per heavy atom. The van der Waals surface area contributed by atoms with Gasteiger partial charge in [-0.3, -0.25) is 15.0 Å². The molecule has 0 spiro atoms. The topological polar surface area (TPSA) is 77.5 Å². The van der Waals surface area contributed by atoms with Gasteiger partial charge in [0.05, 0.1) is 5.56 Å². The summed E-state index contributed by atoms with van der Waals surface area (Å²) in [6.07, 6.45) is 2.81. The van der Waals surface area contributed by atoms with Crippen molar-refractivity contribution in [1.82, 2.24) is 25.0 Å². The molecule has 4 rings (SSSR count). The Balaban J connectivity index is 1.32. The quantitative estimate of drug-likeness (QED) is 0.831. The molecule has 4 heterocycles. The molecule has 2 aliphatic heterocycles. The zero-order valence-corrected chi connectivity index (χ0v) is 16.4. The van der Waals surface area contributed by atoms with Crippen LogP contribution < -0.4 is 10.2 Å². The van der Waals surface area contributed by atoms with Gasteiger partial charge in [0.1, 0.15) is 11.3 Å². The van der Waals surface area contributed by atoms with Crippen LogP contribution in [-0.4, -0.2) is 82.7 Å². The maximum atomic E-state index is 12.2. The lowest BCUT2D eigenvalue weighted by atomic mass is 10.2. The molecule has 1 amide bonds. The summed E-state index contributed by atoms with van der Waals surface area (Å²) in [7, 11) is 0. The van der Waals surface area contributed by atoms with Crippen LogP contribution in [0.4, 0.5) is 10.9 Å². The maximum absolute atomic E-state index is 12.2. The van der Waals surface area contributed by atoms with E-state index in [1.165, 1.54) is 30.8 Å². The number of aromatic nitrogens is 3. The SMILES string of the molecule is CCN1CCN(C2CCN(c3ccc(C(=O)Nc4nncs4)cn3)C2)CC1. The van der Waals surface area contributed by atoms with Gasteiger partial charge in [-0.1, -0.05) is 18.3 Å². The van der Waals surface area contributed by atoms with Crippen molar-refractivity contribution in [2.45, 2.75) is 19.4 Å². The van der Waals surface area contributed by atoms with Crippen LogP contribution in [0.15, 0.2) is 23.8 Å². The molecule has 0 bridgehead atoms. The van der Waals surface area contributed by atoms with Crippen molar-refractivity contribution in [3.05, 3.63) is 29.4 Å². The van der Waals surface area contributed by atoms with Crippen LogP contribution in [0, 0.1) is 0 Å². The van der Waals surface area contributed by atoms with Gasteiger partial charge in [0.2, 0.25) is 5.13 Å². The van der Waals surface area contributed by atoms with E-state index in [4.69, 9.17) is 0 Å². The fraction of sp³-hybridized carbons (Fsp3) is 0.556. The second-order valence-electron chi connectivity index (χ2n) is 6.96. The number of piperazine rings is 1. The zero-order chi connectivity index (χ0) is 18.6. The smallest absolute Gasteiger partial charge is 0.259 e. The first-order chi connectivity index (χ1) is 13.2. The number of amides is 1. The largest absolute Gasteiger partial charge is 0.355 e. The summed E-state index contributed by atoms with van der Waals surface area (Å²) in [5.41, 5.74) is 2.11. The summed E-state index contributed by atoms with van der Waals surface area (Å²) >= 11 is 1.29. The van der Waals surface area contributed by atoms with Gasteiger partial charge in [-0.2, -0.15) is 0 Å². The molecule has 0 saturated carbocycles. The Bertz CT molecular complexity index is 744. The number of nitrogens with zero attached hydrogens (tertiary/aromatic N) is 6. The summed E-state index contributed by atoms with van der Waals surface area (Å²) in [6, 6.07) is 4.37. The first-order valence-electron chi connectivity index (χ1n) is 9.48. The van der Waals surface area contributed by atoms with Crippen LogP contribution in [-0.2, 0) is 0 Å². The van der Waals surface area contributed by atoms with Crippen LogP contribution >= 0.6 is 11.3 Å². The lowest BCUT2D eigenvalue weighted by molar-refractivity contribution is 0.102. The van der Waals surface area contributed by atoms with Crippen molar-refractivity contribution in [1.29, 1.82) is 0 Å². The second kappa shape index (κ2) is 8.28. The van der Waals surface area contributed by atoms with Gasteiger partial charge < -0.3 is 9.80 Å². The maximum Gasteiger partial charge on any atom is 0.259 e. The van der Waals surface area contributed by atoms with Gasteiger partial charge in [0.25, 0.3) is 5.91 Å². The normalized spacial score (nSPS) is 21.5. The van der Waals surface area contributed by atoms with Gasteiger partial charge in [-0.15, -0.1) is 10.2 Å². The highest BCUT2D eigenvalue weighted by Gasteiger charge is 2.30. The summed E-state index contributed by atoms with van der Waals surface area (Å²) in [5.74, 6) is 0.732. The van der Waals surface area contributed by atoms with Gasteiger partial charge in [-0.05, 0) is 25.1 Å². The van der Waals surface area contributed by atoms with Gasteiger partial charge in [0, 0.05) is 51.5 Å². The van der Waals surface area contributed by atoms with Crippen LogP contribution in [0.25, 0.3) is 0 Å². The Kier molecular flexibility index (Phi) is 5.61. The minimum Gasteiger partial charge on any atom is -0.355 e. The standard InChI is InChI=1S/C18H25N7OS/c1-2-23-7-9-24(10-8-23)15-5-6-25(12-15)16-4-3-14(11-19-16)17(26)21-18-22-20-13-27-18/h3-4,11,13,15H,2,5-10,12H2,1H3,(H,21,22,26). The number of likely N-dealkylation sites (N-methyl/N-ethyl adjacent to an activating group) is 1. The number of rotatable bonds is 5. The summed E-state index contributed by atoms with van der Waals surface area (Å²) in [5, 5.41) is 10.8. The first kappa shape index (κ1) is 18.3. The molecule has 2 fully saturated rings. The molecule has 9 heteroatoms. The third kappa shape index (κ3) is 4.26. The number of hydrogen-bond acceptors (Lipinski definition) is 8. The van der Waals surface area contributed by atoms with E-state index < -0.39 is 0 Å². The minimum absolute atomic E-state index is 0.209. The van der Waals surface area contributed by atoms with Crippen LogP contribution in [0.5, 0.6) is 0 Å².